The van der Waals surface area contributed by atoms with Crippen LogP contribution in [-0.2, 0) is 6.54 Å². The number of nitrogens with zero attached hydrogens (tertiary/aromatic N) is 1. The van der Waals surface area contributed by atoms with Gasteiger partial charge in [0.1, 0.15) is 11.6 Å². The number of halogens is 1. The summed E-state index contributed by atoms with van der Waals surface area (Å²) < 4.78 is 19.2. The van der Waals surface area contributed by atoms with Crippen molar-refractivity contribution < 1.29 is 9.13 Å². The van der Waals surface area contributed by atoms with Crippen LogP contribution in [0.4, 0.5) is 4.39 Å². The molecule has 2 aromatic rings. The highest BCUT2D eigenvalue weighted by Crippen LogP contribution is 2.26. The maximum absolute atomic E-state index is 13.4. The molecule has 0 unspecified atom stereocenters. The highest BCUT2D eigenvalue weighted by atomic mass is 19.1. The fraction of sp³-hybridized carbons (Fsp3) is 0.353. The van der Waals surface area contributed by atoms with Crippen LogP contribution in [-0.4, -0.2) is 11.0 Å². The fourth-order valence-electron chi connectivity index (χ4n) is 2.12. The van der Waals surface area contributed by atoms with Crippen molar-refractivity contribution >= 4 is 0 Å². The SMILES string of the molecule is Cc1ccc(Oc2ncc(F)cc2CNC2CC2)cc1C. The smallest absolute Gasteiger partial charge is 0.223 e. The molecule has 1 aliphatic rings. The first-order valence-electron chi connectivity index (χ1n) is 7.25. The van der Waals surface area contributed by atoms with E-state index in [2.05, 4.69) is 17.2 Å². The summed E-state index contributed by atoms with van der Waals surface area (Å²) >= 11 is 0. The van der Waals surface area contributed by atoms with Crippen molar-refractivity contribution in [1.29, 1.82) is 0 Å². The van der Waals surface area contributed by atoms with E-state index in [0.717, 1.165) is 16.9 Å². The molecule has 0 atom stereocenters. The number of pyridine rings is 1. The molecule has 0 spiro atoms. The van der Waals surface area contributed by atoms with Crippen LogP contribution in [0.3, 0.4) is 0 Å². The average Bonchev–Trinajstić information content (AvgIpc) is 3.27. The van der Waals surface area contributed by atoms with E-state index < -0.39 is 0 Å². The molecule has 110 valence electrons. The average molecular weight is 286 g/mol. The van der Waals surface area contributed by atoms with Gasteiger partial charge in [-0.25, -0.2) is 9.37 Å². The molecule has 0 saturated heterocycles. The minimum Gasteiger partial charge on any atom is -0.439 e. The minimum atomic E-state index is -0.338. The molecule has 1 aliphatic carbocycles. The van der Waals surface area contributed by atoms with Crippen molar-refractivity contribution in [2.75, 3.05) is 0 Å². The molecule has 21 heavy (non-hydrogen) atoms. The van der Waals surface area contributed by atoms with Crippen LogP contribution in [0.15, 0.2) is 30.5 Å². The second-order valence-electron chi connectivity index (χ2n) is 5.62. The van der Waals surface area contributed by atoms with E-state index in [4.69, 9.17) is 4.74 Å². The molecule has 3 rings (SSSR count). The molecular formula is C17H19FN2O. The first-order valence-corrected chi connectivity index (χ1v) is 7.25. The quantitative estimate of drug-likeness (QED) is 0.905. The van der Waals surface area contributed by atoms with Crippen LogP contribution in [0, 0.1) is 19.7 Å². The van der Waals surface area contributed by atoms with Gasteiger partial charge in [0.2, 0.25) is 5.88 Å². The zero-order valence-electron chi connectivity index (χ0n) is 12.3. The Bertz CT molecular complexity index is 653. The number of hydrogen-bond acceptors (Lipinski definition) is 3. The Kier molecular flexibility index (Phi) is 3.88. The van der Waals surface area contributed by atoms with Gasteiger partial charge in [0, 0.05) is 18.2 Å². The third-order valence-corrected chi connectivity index (χ3v) is 3.74. The monoisotopic (exact) mass is 286 g/mol. The van der Waals surface area contributed by atoms with Crippen LogP contribution in [0.5, 0.6) is 11.6 Å². The van der Waals surface area contributed by atoms with E-state index >= 15 is 0 Å². The summed E-state index contributed by atoms with van der Waals surface area (Å²) in [6, 6.07) is 7.93. The minimum absolute atomic E-state index is 0.338. The zero-order valence-corrected chi connectivity index (χ0v) is 12.3. The molecule has 0 amide bonds. The number of benzene rings is 1. The molecule has 0 aliphatic heterocycles. The first kappa shape index (κ1) is 14.0. The van der Waals surface area contributed by atoms with E-state index in [1.165, 1.54) is 30.7 Å². The standard InChI is InChI=1S/C17H19FN2O/c1-11-3-6-16(7-12(11)2)21-17-13(8-14(18)10-20-17)9-19-15-4-5-15/h3,6-8,10,15,19H,4-5,9H2,1-2H3. The maximum Gasteiger partial charge on any atom is 0.223 e. The Morgan fingerprint density at radius 3 is 2.76 bits per heavy atom. The summed E-state index contributed by atoms with van der Waals surface area (Å²) in [5, 5.41) is 3.36. The summed E-state index contributed by atoms with van der Waals surface area (Å²) in [5.74, 6) is 0.854. The molecule has 1 fully saturated rings. The van der Waals surface area contributed by atoms with Crippen LogP contribution >= 0.6 is 0 Å². The van der Waals surface area contributed by atoms with E-state index in [1.807, 2.05) is 25.1 Å². The first-order chi connectivity index (χ1) is 10.1. The van der Waals surface area contributed by atoms with Crippen molar-refractivity contribution in [2.24, 2.45) is 0 Å². The Morgan fingerprint density at radius 1 is 1.24 bits per heavy atom. The predicted octanol–water partition coefficient (Wildman–Crippen LogP) is 3.88. The Hall–Kier alpha value is -1.94. The second-order valence-corrected chi connectivity index (χ2v) is 5.62. The van der Waals surface area contributed by atoms with Gasteiger partial charge in [-0.2, -0.15) is 0 Å². The maximum atomic E-state index is 13.4. The van der Waals surface area contributed by atoms with E-state index in [-0.39, 0.29) is 5.82 Å². The fourth-order valence-corrected chi connectivity index (χ4v) is 2.12. The van der Waals surface area contributed by atoms with E-state index in [0.29, 0.717) is 18.5 Å². The number of nitrogens with one attached hydrogen (secondary N) is 1. The van der Waals surface area contributed by atoms with Gasteiger partial charge in [0.25, 0.3) is 0 Å². The number of hydrogen-bond donors (Lipinski definition) is 1. The van der Waals surface area contributed by atoms with Gasteiger partial charge >= 0.3 is 0 Å². The Labute approximate surface area is 124 Å². The van der Waals surface area contributed by atoms with Gasteiger partial charge in [-0.3, -0.25) is 0 Å². The third-order valence-electron chi connectivity index (χ3n) is 3.74. The lowest BCUT2D eigenvalue weighted by Gasteiger charge is -2.12. The second kappa shape index (κ2) is 5.82. The highest BCUT2D eigenvalue weighted by Gasteiger charge is 2.21. The molecule has 1 heterocycles. The van der Waals surface area contributed by atoms with Crippen LogP contribution in [0.2, 0.25) is 0 Å². The molecule has 0 bridgehead atoms. The molecule has 4 heteroatoms. The lowest BCUT2D eigenvalue weighted by Crippen LogP contribution is -2.16. The van der Waals surface area contributed by atoms with Gasteiger partial charge < -0.3 is 10.1 Å². The molecule has 3 nitrogen and oxygen atoms in total. The van der Waals surface area contributed by atoms with E-state index in [1.54, 1.807) is 0 Å². The lowest BCUT2D eigenvalue weighted by molar-refractivity contribution is 0.448. The van der Waals surface area contributed by atoms with Gasteiger partial charge in [-0.1, -0.05) is 6.07 Å². The zero-order chi connectivity index (χ0) is 14.8. The molecular weight excluding hydrogens is 267 g/mol. The molecule has 1 aromatic carbocycles. The molecule has 1 saturated carbocycles. The summed E-state index contributed by atoms with van der Waals surface area (Å²) in [7, 11) is 0. The van der Waals surface area contributed by atoms with Gasteiger partial charge in [-0.05, 0) is 56.0 Å². The van der Waals surface area contributed by atoms with Gasteiger partial charge in [-0.15, -0.1) is 0 Å². The number of aryl methyl sites for hydroxylation is 2. The largest absolute Gasteiger partial charge is 0.439 e. The third kappa shape index (κ3) is 3.58. The van der Waals surface area contributed by atoms with Gasteiger partial charge in [0.05, 0.1) is 6.20 Å². The van der Waals surface area contributed by atoms with Crippen LogP contribution in [0.1, 0.15) is 29.5 Å². The predicted molar refractivity (Wildman–Crippen MR) is 80.0 cm³/mol. The van der Waals surface area contributed by atoms with Crippen molar-refractivity contribution in [3.8, 4) is 11.6 Å². The van der Waals surface area contributed by atoms with E-state index in [9.17, 15) is 4.39 Å². The van der Waals surface area contributed by atoms with Crippen molar-refractivity contribution in [3.05, 3.63) is 53.0 Å². The topological polar surface area (TPSA) is 34.1 Å². The van der Waals surface area contributed by atoms with Crippen LogP contribution < -0.4 is 10.1 Å². The van der Waals surface area contributed by atoms with Gasteiger partial charge in [0.15, 0.2) is 0 Å². The summed E-state index contributed by atoms with van der Waals surface area (Å²) in [6.07, 6.45) is 3.57. The number of ether oxygens (including phenoxy) is 1. The Balaban J connectivity index is 1.80. The number of aromatic nitrogens is 1. The van der Waals surface area contributed by atoms with Crippen molar-refractivity contribution in [3.63, 3.8) is 0 Å². The lowest BCUT2D eigenvalue weighted by atomic mass is 10.1. The molecule has 1 N–H and O–H groups in total. The highest BCUT2D eigenvalue weighted by molar-refractivity contribution is 5.37. The molecule has 0 radical (unpaired) electrons. The van der Waals surface area contributed by atoms with Crippen LogP contribution in [0.25, 0.3) is 0 Å². The summed E-state index contributed by atoms with van der Waals surface area (Å²) in [4.78, 5) is 4.09. The van der Waals surface area contributed by atoms with Crippen molar-refractivity contribution in [2.45, 2.75) is 39.3 Å². The molecule has 1 aromatic heterocycles. The summed E-state index contributed by atoms with van der Waals surface area (Å²) in [6.45, 7) is 4.67. The number of rotatable bonds is 5. The Morgan fingerprint density at radius 2 is 2.05 bits per heavy atom. The normalized spacial score (nSPS) is 14.2. The van der Waals surface area contributed by atoms with Crippen molar-refractivity contribution in [1.82, 2.24) is 10.3 Å². The summed E-state index contributed by atoms with van der Waals surface area (Å²) in [5.41, 5.74) is 3.12.